The molecule has 0 spiro atoms. The Bertz CT molecular complexity index is 260. The Labute approximate surface area is 137 Å². The molecule has 1 aliphatic rings. The fourth-order valence-corrected chi connectivity index (χ4v) is 3.50. The zero-order valence-corrected chi connectivity index (χ0v) is 14.9. The van der Waals surface area contributed by atoms with Crippen molar-refractivity contribution in [2.45, 2.75) is 84.0 Å². The highest BCUT2D eigenvalue weighted by Gasteiger charge is 2.20. The molecule has 1 heterocycles. The lowest BCUT2D eigenvalue weighted by atomic mass is 9.97. The fraction of sp³-hybridized carbons (Fsp3) is 0.944. The molecular weight excluding hydrogens is 276 g/mol. The minimum atomic E-state index is 0.504. The van der Waals surface area contributed by atoms with Gasteiger partial charge in [-0.05, 0) is 38.9 Å². The van der Waals surface area contributed by atoms with Crippen LogP contribution in [-0.2, 0) is 0 Å². The number of hydrogen-bond donors (Lipinski definition) is 1. The van der Waals surface area contributed by atoms with Gasteiger partial charge in [-0.15, -0.1) is 0 Å². The minimum Gasteiger partial charge on any atom is -0.393 e. The second-order valence-corrected chi connectivity index (χ2v) is 7.17. The van der Waals surface area contributed by atoms with Gasteiger partial charge in [0.05, 0.1) is 4.99 Å². The smallest absolute Gasteiger partial charge is 0.0759 e. The van der Waals surface area contributed by atoms with Crippen LogP contribution in [0.5, 0.6) is 0 Å². The highest BCUT2D eigenvalue weighted by Crippen LogP contribution is 2.18. The molecule has 0 bridgehead atoms. The van der Waals surface area contributed by atoms with E-state index < -0.39 is 0 Å². The molecule has 0 unspecified atom stereocenters. The van der Waals surface area contributed by atoms with Crippen LogP contribution in [0.2, 0.25) is 0 Å². The number of likely N-dealkylation sites (tertiary alicyclic amines) is 1. The largest absolute Gasteiger partial charge is 0.393 e. The molecule has 1 aliphatic heterocycles. The molecule has 2 N–H and O–H groups in total. The van der Waals surface area contributed by atoms with Crippen LogP contribution in [0.25, 0.3) is 0 Å². The molecule has 0 atom stereocenters. The van der Waals surface area contributed by atoms with Crippen molar-refractivity contribution in [1.29, 1.82) is 0 Å². The molecular formula is C18H36N2S. The van der Waals surface area contributed by atoms with Gasteiger partial charge in [-0.3, -0.25) is 0 Å². The molecule has 1 saturated heterocycles. The van der Waals surface area contributed by atoms with Gasteiger partial charge in [0, 0.05) is 5.92 Å². The summed E-state index contributed by atoms with van der Waals surface area (Å²) in [5, 5.41) is 0. The van der Waals surface area contributed by atoms with Crippen molar-refractivity contribution in [3.63, 3.8) is 0 Å². The van der Waals surface area contributed by atoms with E-state index in [0.717, 1.165) is 4.99 Å². The third-order valence-electron chi connectivity index (χ3n) is 4.82. The minimum absolute atomic E-state index is 0.504. The zero-order valence-electron chi connectivity index (χ0n) is 14.1. The van der Waals surface area contributed by atoms with E-state index in [1.165, 1.54) is 96.7 Å². The second kappa shape index (κ2) is 12.4. The van der Waals surface area contributed by atoms with Crippen LogP contribution >= 0.6 is 12.2 Å². The van der Waals surface area contributed by atoms with E-state index >= 15 is 0 Å². The van der Waals surface area contributed by atoms with E-state index in [2.05, 4.69) is 11.8 Å². The maximum atomic E-state index is 5.73. The highest BCUT2D eigenvalue weighted by molar-refractivity contribution is 7.80. The Morgan fingerprint density at radius 1 is 0.905 bits per heavy atom. The molecule has 0 aromatic heterocycles. The first kappa shape index (κ1) is 18.9. The average Bonchev–Trinajstić information content (AvgIpc) is 2.49. The summed E-state index contributed by atoms with van der Waals surface area (Å²) in [4.78, 5) is 3.33. The Morgan fingerprint density at radius 3 is 1.86 bits per heavy atom. The van der Waals surface area contributed by atoms with E-state index in [4.69, 9.17) is 18.0 Å². The van der Waals surface area contributed by atoms with Crippen molar-refractivity contribution in [2.24, 2.45) is 11.7 Å². The average molecular weight is 313 g/mol. The summed E-state index contributed by atoms with van der Waals surface area (Å²) < 4.78 is 0. The van der Waals surface area contributed by atoms with Gasteiger partial charge in [0.2, 0.25) is 0 Å². The quantitative estimate of drug-likeness (QED) is 0.410. The number of hydrogen-bond acceptors (Lipinski definition) is 2. The van der Waals surface area contributed by atoms with Crippen LogP contribution in [0.1, 0.15) is 84.0 Å². The monoisotopic (exact) mass is 312 g/mol. The second-order valence-electron chi connectivity index (χ2n) is 6.70. The number of nitrogens with zero attached hydrogens (tertiary/aromatic N) is 1. The molecule has 0 radical (unpaired) electrons. The Hall–Kier alpha value is -0.150. The predicted molar refractivity (Wildman–Crippen MR) is 97.8 cm³/mol. The summed E-state index contributed by atoms with van der Waals surface area (Å²) in [7, 11) is 0. The van der Waals surface area contributed by atoms with Crippen molar-refractivity contribution < 1.29 is 0 Å². The SMILES string of the molecule is CCCCCCCCCCCCN1CCC(C(N)=S)CC1. The maximum absolute atomic E-state index is 5.73. The van der Waals surface area contributed by atoms with E-state index in [-0.39, 0.29) is 0 Å². The van der Waals surface area contributed by atoms with Gasteiger partial charge in [-0.1, -0.05) is 76.9 Å². The summed E-state index contributed by atoms with van der Waals surface area (Å²) in [5.41, 5.74) is 5.73. The molecule has 21 heavy (non-hydrogen) atoms. The summed E-state index contributed by atoms with van der Waals surface area (Å²) in [6, 6.07) is 0. The van der Waals surface area contributed by atoms with Gasteiger partial charge in [-0.25, -0.2) is 0 Å². The molecule has 0 saturated carbocycles. The molecule has 1 fully saturated rings. The molecule has 2 nitrogen and oxygen atoms in total. The lowest BCUT2D eigenvalue weighted by Crippen LogP contribution is -2.38. The molecule has 0 aromatic rings. The van der Waals surface area contributed by atoms with Gasteiger partial charge in [0.25, 0.3) is 0 Å². The summed E-state index contributed by atoms with van der Waals surface area (Å²) in [6.07, 6.45) is 16.6. The topological polar surface area (TPSA) is 29.3 Å². The number of thiocarbonyl (C=S) groups is 1. The van der Waals surface area contributed by atoms with Crippen molar-refractivity contribution in [1.82, 2.24) is 4.90 Å². The van der Waals surface area contributed by atoms with E-state index in [9.17, 15) is 0 Å². The molecule has 0 amide bonds. The lowest BCUT2D eigenvalue weighted by Gasteiger charge is -2.31. The van der Waals surface area contributed by atoms with Crippen molar-refractivity contribution in [3.8, 4) is 0 Å². The molecule has 3 heteroatoms. The van der Waals surface area contributed by atoms with Gasteiger partial charge in [0.1, 0.15) is 0 Å². The summed E-state index contributed by atoms with van der Waals surface area (Å²) in [5.74, 6) is 0.504. The van der Waals surface area contributed by atoms with Gasteiger partial charge in [-0.2, -0.15) is 0 Å². The summed E-state index contributed by atoms with van der Waals surface area (Å²) >= 11 is 5.09. The maximum Gasteiger partial charge on any atom is 0.0759 e. The van der Waals surface area contributed by atoms with E-state index in [0.29, 0.717) is 5.92 Å². The van der Waals surface area contributed by atoms with Gasteiger partial charge in [0.15, 0.2) is 0 Å². The van der Waals surface area contributed by atoms with Crippen LogP contribution < -0.4 is 5.73 Å². The van der Waals surface area contributed by atoms with Gasteiger partial charge >= 0.3 is 0 Å². The van der Waals surface area contributed by atoms with E-state index in [1.807, 2.05) is 0 Å². The zero-order chi connectivity index (χ0) is 15.3. The number of piperidine rings is 1. The van der Waals surface area contributed by atoms with Crippen LogP contribution in [0, 0.1) is 5.92 Å². The molecule has 1 rings (SSSR count). The van der Waals surface area contributed by atoms with Crippen LogP contribution in [0.4, 0.5) is 0 Å². The number of rotatable bonds is 12. The summed E-state index contributed by atoms with van der Waals surface area (Å²) in [6.45, 7) is 5.95. The Kier molecular flexibility index (Phi) is 11.2. The van der Waals surface area contributed by atoms with Crippen LogP contribution in [0.3, 0.4) is 0 Å². The Balaban J connectivity index is 1.84. The fourth-order valence-electron chi connectivity index (χ4n) is 3.26. The lowest BCUT2D eigenvalue weighted by molar-refractivity contribution is 0.206. The van der Waals surface area contributed by atoms with Crippen molar-refractivity contribution >= 4 is 17.2 Å². The first-order valence-corrected chi connectivity index (χ1v) is 9.66. The standard InChI is InChI=1S/C18H36N2S/c1-2-3-4-5-6-7-8-9-10-11-14-20-15-12-17(13-16-20)18(19)21/h17H,2-16H2,1H3,(H2,19,21). The molecule has 0 aliphatic carbocycles. The first-order chi connectivity index (χ1) is 10.2. The number of unbranched alkanes of at least 4 members (excludes halogenated alkanes) is 9. The van der Waals surface area contributed by atoms with Crippen LogP contribution in [0.15, 0.2) is 0 Å². The van der Waals surface area contributed by atoms with Gasteiger partial charge < -0.3 is 10.6 Å². The van der Waals surface area contributed by atoms with Crippen molar-refractivity contribution in [2.75, 3.05) is 19.6 Å². The third-order valence-corrected chi connectivity index (χ3v) is 5.15. The molecule has 0 aromatic carbocycles. The predicted octanol–water partition coefficient (Wildman–Crippen LogP) is 4.91. The first-order valence-electron chi connectivity index (χ1n) is 9.25. The van der Waals surface area contributed by atoms with Crippen LogP contribution in [-0.4, -0.2) is 29.5 Å². The highest BCUT2D eigenvalue weighted by atomic mass is 32.1. The van der Waals surface area contributed by atoms with Crippen molar-refractivity contribution in [3.05, 3.63) is 0 Å². The normalized spacial score (nSPS) is 17.2. The van der Waals surface area contributed by atoms with E-state index in [1.54, 1.807) is 0 Å². The third kappa shape index (κ3) is 9.46. The Morgan fingerprint density at radius 2 is 1.38 bits per heavy atom. The number of nitrogens with two attached hydrogens (primary N) is 1. The molecule has 124 valence electrons.